The van der Waals surface area contributed by atoms with E-state index in [0.29, 0.717) is 19.6 Å². The van der Waals surface area contributed by atoms with Crippen LogP contribution < -0.4 is 8.43 Å². The SMILES string of the molecule is Cc1noc(N(S(=O)(=O)c2ccc(-c3ccccc3)cc2)S(=O)(=O)c2ccc(-c3ccccc3)cc2)c1Br.Cc1noc(NS(=O)(=O)c2ccc(-c3ccccc3)cc2)c1Br. The highest BCUT2D eigenvalue weighted by molar-refractivity contribution is 9.11. The van der Waals surface area contributed by atoms with Crippen LogP contribution in [0.15, 0.2) is 196 Å². The number of aryl methyl sites for hydroxylation is 2. The zero-order valence-electron chi connectivity index (χ0n) is 32.2. The van der Waals surface area contributed by atoms with Crippen LogP contribution in [0.25, 0.3) is 33.4 Å². The molecule has 6 aromatic carbocycles. The third-order valence-corrected chi connectivity index (χ3v) is 16.5. The van der Waals surface area contributed by atoms with Gasteiger partial charge in [0.05, 0.1) is 26.1 Å². The third kappa shape index (κ3) is 9.40. The van der Waals surface area contributed by atoms with E-state index in [-0.39, 0.29) is 25.0 Å². The third-order valence-electron chi connectivity index (χ3n) is 9.19. The molecule has 61 heavy (non-hydrogen) atoms. The first-order chi connectivity index (χ1) is 29.2. The summed E-state index contributed by atoms with van der Waals surface area (Å²) in [7, 11) is -13.0. The summed E-state index contributed by atoms with van der Waals surface area (Å²) in [5, 5.41) is 7.47. The molecule has 17 heteroatoms. The van der Waals surface area contributed by atoms with Gasteiger partial charge >= 0.3 is 0 Å². The van der Waals surface area contributed by atoms with E-state index < -0.39 is 36.0 Å². The average molecular weight is 1000 g/mol. The van der Waals surface area contributed by atoms with Gasteiger partial charge in [-0.15, -0.1) is 3.71 Å². The number of rotatable bonds is 11. The summed E-state index contributed by atoms with van der Waals surface area (Å²) < 4.78 is 93.8. The van der Waals surface area contributed by atoms with E-state index in [2.05, 4.69) is 46.9 Å². The highest BCUT2D eigenvalue weighted by Gasteiger charge is 2.41. The van der Waals surface area contributed by atoms with Gasteiger partial charge in [0.2, 0.25) is 0 Å². The maximum absolute atomic E-state index is 13.9. The minimum Gasteiger partial charge on any atom is -0.336 e. The number of hydrogen-bond acceptors (Lipinski definition) is 10. The lowest BCUT2D eigenvalue weighted by molar-refractivity contribution is 0.424. The van der Waals surface area contributed by atoms with E-state index in [9.17, 15) is 25.3 Å². The Morgan fingerprint density at radius 1 is 0.443 bits per heavy atom. The van der Waals surface area contributed by atoms with Crippen molar-refractivity contribution in [2.45, 2.75) is 28.5 Å². The summed E-state index contributed by atoms with van der Waals surface area (Å²) in [5.41, 5.74) is 6.20. The molecule has 8 aromatic rings. The molecule has 310 valence electrons. The fourth-order valence-corrected chi connectivity index (χ4v) is 11.5. The van der Waals surface area contributed by atoms with Gasteiger partial charge in [0.15, 0.2) is 0 Å². The van der Waals surface area contributed by atoms with E-state index in [1.807, 2.05) is 91.0 Å². The highest BCUT2D eigenvalue weighted by Crippen LogP contribution is 2.38. The van der Waals surface area contributed by atoms with E-state index in [1.165, 1.54) is 24.3 Å². The van der Waals surface area contributed by atoms with Crippen LogP contribution in [0.3, 0.4) is 0 Å². The van der Waals surface area contributed by atoms with Crippen molar-refractivity contribution in [3.05, 3.63) is 184 Å². The van der Waals surface area contributed by atoms with Crippen LogP contribution in [0.1, 0.15) is 11.4 Å². The summed E-state index contributed by atoms with van der Waals surface area (Å²) >= 11 is 6.47. The highest BCUT2D eigenvalue weighted by atomic mass is 79.9. The maximum Gasteiger partial charge on any atom is 0.280 e. The molecule has 0 amide bonds. The predicted molar refractivity (Wildman–Crippen MR) is 241 cm³/mol. The largest absolute Gasteiger partial charge is 0.336 e. The molecule has 0 aliphatic rings. The number of anilines is 2. The molecule has 0 aliphatic carbocycles. The topological polar surface area (TPSA) is 170 Å². The summed E-state index contributed by atoms with van der Waals surface area (Å²) in [4.78, 5) is -0.289. The monoisotopic (exact) mass is 1000 g/mol. The predicted octanol–water partition coefficient (Wildman–Crippen LogP) is 10.9. The molecule has 0 unspecified atom stereocenters. The number of nitrogens with zero attached hydrogens (tertiary/aromatic N) is 3. The number of halogens is 2. The fraction of sp³-hybridized carbons (Fsp3) is 0.0455. The molecular formula is C44H34Br2N4O8S3. The van der Waals surface area contributed by atoms with E-state index in [1.54, 1.807) is 62.4 Å². The van der Waals surface area contributed by atoms with Crippen molar-refractivity contribution in [3.8, 4) is 33.4 Å². The van der Waals surface area contributed by atoms with Crippen LogP contribution in [0.2, 0.25) is 0 Å². The number of aromatic nitrogens is 2. The van der Waals surface area contributed by atoms with Crippen LogP contribution in [0.5, 0.6) is 0 Å². The standard InChI is InChI=1S/C28H21BrN2O5S2.C16H13BrN2O3S/c1-20-27(29)28(36-30-20)31(37(32,33)25-16-12-23(13-17-25)21-8-4-2-5-9-21)38(34,35)26-18-14-24(15-19-26)22-10-6-3-7-11-22;1-11-15(17)16(22-18-11)19-23(20,21)14-9-7-13(8-10-14)12-5-3-2-4-6-12/h2-19H,1H3;2-10,19H,1H3. The van der Waals surface area contributed by atoms with Gasteiger partial charge in [-0.1, -0.05) is 138 Å². The van der Waals surface area contributed by atoms with Crippen molar-refractivity contribution in [2.75, 3.05) is 8.43 Å². The Labute approximate surface area is 370 Å². The quantitative estimate of drug-likeness (QED) is 0.132. The van der Waals surface area contributed by atoms with E-state index >= 15 is 0 Å². The van der Waals surface area contributed by atoms with Gasteiger partial charge in [0.25, 0.3) is 41.8 Å². The Hall–Kier alpha value is -5.85. The molecule has 0 spiro atoms. The molecule has 0 saturated heterocycles. The maximum atomic E-state index is 13.9. The number of benzene rings is 6. The van der Waals surface area contributed by atoms with Gasteiger partial charge < -0.3 is 9.05 Å². The molecule has 2 aromatic heterocycles. The summed E-state index contributed by atoms with van der Waals surface area (Å²) in [6, 6.07) is 47.2. The minimum absolute atomic E-state index is 0.0645. The Kier molecular flexibility index (Phi) is 12.8. The van der Waals surface area contributed by atoms with Crippen LogP contribution in [0.4, 0.5) is 11.8 Å². The molecule has 2 heterocycles. The second kappa shape index (κ2) is 18.0. The molecule has 0 radical (unpaired) electrons. The fourth-order valence-electron chi connectivity index (χ4n) is 5.96. The molecule has 0 atom stereocenters. The molecule has 0 aliphatic heterocycles. The minimum atomic E-state index is -4.65. The van der Waals surface area contributed by atoms with Crippen LogP contribution >= 0.6 is 31.9 Å². The molecule has 12 nitrogen and oxygen atoms in total. The Morgan fingerprint density at radius 3 is 1.10 bits per heavy atom. The molecule has 8 rings (SSSR count). The van der Waals surface area contributed by atoms with Crippen LogP contribution in [0, 0.1) is 13.8 Å². The van der Waals surface area contributed by atoms with Crippen LogP contribution in [-0.4, -0.2) is 35.6 Å². The first kappa shape index (κ1) is 43.2. The van der Waals surface area contributed by atoms with Gasteiger partial charge in [0, 0.05) is 0 Å². The zero-order valence-corrected chi connectivity index (χ0v) is 37.8. The summed E-state index contributed by atoms with van der Waals surface area (Å²) in [5.74, 6) is -0.392. The normalized spacial score (nSPS) is 11.7. The molecule has 0 saturated carbocycles. The van der Waals surface area contributed by atoms with E-state index in [4.69, 9.17) is 9.05 Å². The smallest absolute Gasteiger partial charge is 0.280 e. The number of hydrogen-bond donors (Lipinski definition) is 1. The summed E-state index contributed by atoms with van der Waals surface area (Å²) in [6.45, 7) is 3.28. The first-order valence-electron chi connectivity index (χ1n) is 18.2. The van der Waals surface area contributed by atoms with Gasteiger partial charge in [-0.2, -0.15) is 16.8 Å². The van der Waals surface area contributed by atoms with Crippen molar-refractivity contribution in [1.82, 2.24) is 10.3 Å². The number of sulfonamides is 3. The molecular weight excluding hydrogens is 969 g/mol. The Bertz CT molecular complexity index is 3000. The lowest BCUT2D eigenvalue weighted by Gasteiger charge is -2.22. The lowest BCUT2D eigenvalue weighted by Crippen LogP contribution is -2.37. The number of nitrogens with one attached hydrogen (secondary N) is 1. The Balaban J connectivity index is 0.000000208. The van der Waals surface area contributed by atoms with Gasteiger partial charge in [-0.3, -0.25) is 0 Å². The summed E-state index contributed by atoms with van der Waals surface area (Å²) in [6.07, 6.45) is 0. The van der Waals surface area contributed by atoms with Crippen molar-refractivity contribution >= 4 is 73.7 Å². The second-order valence-electron chi connectivity index (χ2n) is 13.3. The second-order valence-corrected chi connectivity index (χ2v) is 20.4. The van der Waals surface area contributed by atoms with Crippen LogP contribution in [-0.2, 0) is 30.1 Å². The first-order valence-corrected chi connectivity index (χ1v) is 24.1. The van der Waals surface area contributed by atoms with Gasteiger partial charge in [0.1, 0.15) is 8.95 Å². The van der Waals surface area contributed by atoms with Crippen molar-refractivity contribution in [1.29, 1.82) is 0 Å². The van der Waals surface area contributed by atoms with E-state index in [0.717, 1.165) is 33.4 Å². The lowest BCUT2D eigenvalue weighted by atomic mass is 10.1. The van der Waals surface area contributed by atoms with Crippen molar-refractivity contribution < 1.29 is 34.3 Å². The average Bonchev–Trinajstić information content (AvgIpc) is 3.78. The molecule has 1 N–H and O–H groups in total. The molecule has 0 fully saturated rings. The zero-order chi connectivity index (χ0) is 43.4. The van der Waals surface area contributed by atoms with Gasteiger partial charge in [-0.25, -0.2) is 13.1 Å². The van der Waals surface area contributed by atoms with Crippen molar-refractivity contribution in [3.63, 3.8) is 0 Å². The molecule has 0 bridgehead atoms. The van der Waals surface area contributed by atoms with Crippen molar-refractivity contribution in [2.24, 2.45) is 0 Å². The van der Waals surface area contributed by atoms with Gasteiger partial charge in [-0.05, 0) is 115 Å². The Morgan fingerprint density at radius 2 is 0.770 bits per heavy atom.